The second-order valence-electron chi connectivity index (χ2n) is 7.43. The van der Waals surface area contributed by atoms with Crippen LogP contribution in [0.5, 0.6) is 0 Å². The van der Waals surface area contributed by atoms with Gasteiger partial charge in [-0.3, -0.25) is 4.90 Å². The van der Waals surface area contributed by atoms with Gasteiger partial charge in [-0.05, 0) is 54.9 Å². The second-order valence-corrected chi connectivity index (χ2v) is 7.43. The first-order chi connectivity index (χ1) is 12.1. The van der Waals surface area contributed by atoms with Gasteiger partial charge in [0.2, 0.25) is 0 Å². The third-order valence-corrected chi connectivity index (χ3v) is 5.33. The van der Waals surface area contributed by atoms with Gasteiger partial charge in [-0.25, -0.2) is 4.68 Å². The van der Waals surface area contributed by atoms with Crippen LogP contribution in [0.15, 0.2) is 24.3 Å². The van der Waals surface area contributed by atoms with Crippen molar-refractivity contribution in [1.29, 1.82) is 0 Å². The highest BCUT2D eigenvalue weighted by atomic mass is 15.6. The van der Waals surface area contributed by atoms with Crippen molar-refractivity contribution in [2.45, 2.75) is 57.7 Å². The summed E-state index contributed by atoms with van der Waals surface area (Å²) < 4.78 is 2.08. The standard InChI is InChI=1S/C19H30N6/c1-15(19-20-21-22-25(19)17-10-6-5-7-11-17)24(4)14-16-9-8-12-18(13-16)23(2)3/h8-9,12-13,15,17H,5-7,10-11,14H2,1-4H3. The largest absolute Gasteiger partial charge is 0.378 e. The molecule has 0 bridgehead atoms. The van der Waals surface area contributed by atoms with Gasteiger partial charge in [-0.15, -0.1) is 5.10 Å². The molecule has 25 heavy (non-hydrogen) atoms. The first kappa shape index (κ1) is 17.9. The van der Waals surface area contributed by atoms with E-state index in [-0.39, 0.29) is 6.04 Å². The van der Waals surface area contributed by atoms with Crippen LogP contribution in [0.4, 0.5) is 5.69 Å². The van der Waals surface area contributed by atoms with Gasteiger partial charge in [-0.2, -0.15) is 0 Å². The van der Waals surface area contributed by atoms with Crippen LogP contribution in [0, 0.1) is 0 Å². The van der Waals surface area contributed by atoms with E-state index in [0.29, 0.717) is 6.04 Å². The van der Waals surface area contributed by atoms with Crippen LogP contribution in [-0.2, 0) is 6.54 Å². The van der Waals surface area contributed by atoms with Crippen molar-refractivity contribution in [2.75, 3.05) is 26.0 Å². The molecule has 0 N–H and O–H groups in total. The van der Waals surface area contributed by atoms with Gasteiger partial charge in [0.05, 0.1) is 12.1 Å². The predicted octanol–water partition coefficient (Wildman–Crippen LogP) is 3.44. The summed E-state index contributed by atoms with van der Waals surface area (Å²) in [6, 6.07) is 9.33. The lowest BCUT2D eigenvalue weighted by Gasteiger charge is -2.28. The maximum absolute atomic E-state index is 4.35. The molecular weight excluding hydrogens is 312 g/mol. The Hall–Kier alpha value is -1.95. The monoisotopic (exact) mass is 342 g/mol. The number of rotatable bonds is 6. The highest BCUT2D eigenvalue weighted by molar-refractivity contribution is 5.47. The van der Waals surface area contributed by atoms with Gasteiger partial charge in [0.15, 0.2) is 5.82 Å². The predicted molar refractivity (Wildman–Crippen MR) is 101 cm³/mol. The average Bonchev–Trinajstić information content (AvgIpc) is 3.11. The lowest BCUT2D eigenvalue weighted by atomic mass is 9.95. The molecular formula is C19H30N6. The van der Waals surface area contributed by atoms with Crippen molar-refractivity contribution in [3.63, 3.8) is 0 Å². The van der Waals surface area contributed by atoms with Crippen LogP contribution in [0.1, 0.15) is 62.5 Å². The first-order valence-electron chi connectivity index (χ1n) is 9.30. The van der Waals surface area contributed by atoms with Crippen molar-refractivity contribution >= 4 is 5.69 Å². The van der Waals surface area contributed by atoms with Crippen LogP contribution >= 0.6 is 0 Å². The van der Waals surface area contributed by atoms with Crippen molar-refractivity contribution in [1.82, 2.24) is 25.1 Å². The summed E-state index contributed by atoms with van der Waals surface area (Å²) in [5, 5.41) is 12.6. The van der Waals surface area contributed by atoms with E-state index >= 15 is 0 Å². The van der Waals surface area contributed by atoms with Gasteiger partial charge in [0.25, 0.3) is 0 Å². The molecule has 136 valence electrons. The molecule has 1 saturated carbocycles. The van der Waals surface area contributed by atoms with E-state index in [9.17, 15) is 0 Å². The van der Waals surface area contributed by atoms with E-state index in [4.69, 9.17) is 0 Å². The van der Waals surface area contributed by atoms with Crippen LogP contribution < -0.4 is 4.90 Å². The van der Waals surface area contributed by atoms with Gasteiger partial charge in [0, 0.05) is 26.3 Å². The molecule has 1 atom stereocenters. The molecule has 1 aromatic heterocycles. The lowest BCUT2D eigenvalue weighted by molar-refractivity contribution is 0.223. The van der Waals surface area contributed by atoms with Gasteiger partial charge in [0.1, 0.15) is 0 Å². The zero-order chi connectivity index (χ0) is 17.8. The van der Waals surface area contributed by atoms with Crippen LogP contribution in [0.2, 0.25) is 0 Å². The van der Waals surface area contributed by atoms with E-state index in [2.05, 4.69) is 82.3 Å². The summed E-state index contributed by atoms with van der Waals surface area (Å²) >= 11 is 0. The number of nitrogens with zero attached hydrogens (tertiary/aromatic N) is 6. The molecule has 2 aromatic rings. The Kier molecular flexibility index (Phi) is 5.68. The van der Waals surface area contributed by atoms with Crippen LogP contribution in [0.25, 0.3) is 0 Å². The molecule has 1 unspecified atom stereocenters. The Bertz CT molecular complexity index is 674. The van der Waals surface area contributed by atoms with Crippen molar-refractivity contribution < 1.29 is 0 Å². The number of aromatic nitrogens is 4. The van der Waals surface area contributed by atoms with E-state index < -0.39 is 0 Å². The maximum atomic E-state index is 4.35. The van der Waals surface area contributed by atoms with Crippen LogP contribution in [0.3, 0.4) is 0 Å². The quantitative estimate of drug-likeness (QED) is 0.805. The Morgan fingerprint density at radius 1 is 1.16 bits per heavy atom. The van der Waals surface area contributed by atoms with Gasteiger partial charge >= 0.3 is 0 Å². The highest BCUT2D eigenvalue weighted by Gasteiger charge is 2.25. The number of hydrogen-bond acceptors (Lipinski definition) is 5. The van der Waals surface area contributed by atoms with Crippen molar-refractivity contribution in [2.24, 2.45) is 0 Å². The molecule has 1 aliphatic rings. The molecule has 1 fully saturated rings. The summed E-state index contributed by atoms with van der Waals surface area (Å²) in [5.74, 6) is 0.984. The number of tetrazole rings is 1. The summed E-state index contributed by atoms with van der Waals surface area (Å²) in [6.07, 6.45) is 6.29. The Morgan fingerprint density at radius 3 is 2.64 bits per heavy atom. The number of hydrogen-bond donors (Lipinski definition) is 0. The molecule has 1 aromatic carbocycles. The maximum Gasteiger partial charge on any atom is 0.168 e. The molecule has 6 heteroatoms. The van der Waals surface area contributed by atoms with Gasteiger partial charge in [-0.1, -0.05) is 31.4 Å². The second kappa shape index (κ2) is 7.95. The SMILES string of the molecule is CC(c1nnnn1C1CCCCC1)N(C)Cc1cccc(N(C)C)c1. The molecule has 0 radical (unpaired) electrons. The minimum absolute atomic E-state index is 0.180. The fourth-order valence-electron chi connectivity index (χ4n) is 3.62. The molecule has 0 aliphatic heterocycles. The van der Waals surface area contributed by atoms with E-state index in [0.717, 1.165) is 12.4 Å². The smallest absolute Gasteiger partial charge is 0.168 e. The van der Waals surface area contributed by atoms with Crippen molar-refractivity contribution in [3.8, 4) is 0 Å². The van der Waals surface area contributed by atoms with E-state index in [1.807, 2.05) is 0 Å². The molecule has 3 rings (SSSR count). The average molecular weight is 342 g/mol. The first-order valence-corrected chi connectivity index (χ1v) is 9.30. The normalized spacial score (nSPS) is 17.0. The summed E-state index contributed by atoms with van der Waals surface area (Å²) in [6.45, 7) is 3.07. The van der Waals surface area contributed by atoms with Gasteiger partial charge < -0.3 is 4.90 Å². The Labute approximate surface area is 150 Å². The Balaban J connectivity index is 1.71. The fourth-order valence-corrected chi connectivity index (χ4v) is 3.62. The molecule has 0 amide bonds. The minimum atomic E-state index is 0.180. The number of benzene rings is 1. The van der Waals surface area contributed by atoms with Crippen molar-refractivity contribution in [3.05, 3.63) is 35.7 Å². The third kappa shape index (κ3) is 4.18. The molecule has 1 heterocycles. The molecule has 1 aliphatic carbocycles. The molecule has 0 saturated heterocycles. The summed E-state index contributed by atoms with van der Waals surface area (Å²) in [5.41, 5.74) is 2.53. The Morgan fingerprint density at radius 2 is 1.92 bits per heavy atom. The lowest BCUT2D eigenvalue weighted by Crippen LogP contribution is -2.27. The van der Waals surface area contributed by atoms with E-state index in [1.165, 1.54) is 43.4 Å². The molecule has 0 spiro atoms. The third-order valence-electron chi connectivity index (χ3n) is 5.33. The highest BCUT2D eigenvalue weighted by Crippen LogP contribution is 2.30. The zero-order valence-corrected chi connectivity index (χ0v) is 15.9. The summed E-state index contributed by atoms with van der Waals surface area (Å²) in [4.78, 5) is 4.45. The topological polar surface area (TPSA) is 50.1 Å². The number of anilines is 1. The zero-order valence-electron chi connectivity index (χ0n) is 15.9. The van der Waals surface area contributed by atoms with E-state index in [1.54, 1.807) is 0 Å². The fraction of sp³-hybridized carbons (Fsp3) is 0.632. The minimum Gasteiger partial charge on any atom is -0.378 e. The summed E-state index contributed by atoms with van der Waals surface area (Å²) in [7, 11) is 6.29. The molecule has 6 nitrogen and oxygen atoms in total. The van der Waals surface area contributed by atoms with Crippen LogP contribution in [-0.4, -0.2) is 46.3 Å².